The largest absolute Gasteiger partial charge is 0.399 e. The quantitative estimate of drug-likeness (QED) is 0.696. The molecule has 0 amide bonds. The van der Waals surface area contributed by atoms with Crippen LogP contribution in [-0.2, 0) is 0 Å². The van der Waals surface area contributed by atoms with Crippen molar-refractivity contribution in [3.63, 3.8) is 0 Å². The van der Waals surface area contributed by atoms with Crippen LogP contribution < -0.4 is 5.73 Å². The summed E-state index contributed by atoms with van der Waals surface area (Å²) in [5.74, 6) is -0.335. The summed E-state index contributed by atoms with van der Waals surface area (Å²) in [6, 6.07) is 6.03. The Kier molecular flexibility index (Phi) is 2.10. The van der Waals surface area contributed by atoms with E-state index in [2.05, 4.69) is 9.97 Å². The third-order valence-corrected chi connectivity index (χ3v) is 1.85. The van der Waals surface area contributed by atoms with E-state index in [-0.39, 0.29) is 5.82 Å². The minimum Gasteiger partial charge on any atom is -0.399 e. The Morgan fingerprint density at radius 3 is 2.79 bits per heavy atom. The molecule has 0 aliphatic rings. The van der Waals surface area contributed by atoms with Crippen LogP contribution in [0.4, 0.5) is 10.1 Å². The number of nitrogen functional groups attached to an aromatic ring is 1. The number of rotatable bonds is 1. The van der Waals surface area contributed by atoms with E-state index in [4.69, 9.17) is 5.73 Å². The van der Waals surface area contributed by atoms with Crippen LogP contribution in [0.5, 0.6) is 0 Å². The van der Waals surface area contributed by atoms with Gasteiger partial charge < -0.3 is 5.73 Å². The van der Waals surface area contributed by atoms with Gasteiger partial charge in [-0.05, 0) is 24.3 Å². The third kappa shape index (κ3) is 1.54. The van der Waals surface area contributed by atoms with Crippen LogP contribution in [0.1, 0.15) is 0 Å². The second-order valence-electron chi connectivity index (χ2n) is 2.83. The van der Waals surface area contributed by atoms with E-state index in [1.165, 1.54) is 18.5 Å². The normalized spacial score (nSPS) is 10.1. The molecule has 2 rings (SSSR count). The summed E-state index contributed by atoms with van der Waals surface area (Å²) in [5, 5.41) is 0. The van der Waals surface area contributed by atoms with Crippen molar-refractivity contribution in [3.05, 3.63) is 42.6 Å². The Bertz CT molecular complexity index is 442. The van der Waals surface area contributed by atoms with Crippen molar-refractivity contribution < 1.29 is 4.39 Å². The van der Waals surface area contributed by atoms with E-state index in [1.807, 2.05) is 0 Å². The van der Waals surface area contributed by atoms with Gasteiger partial charge in [-0.25, -0.2) is 14.4 Å². The first-order chi connectivity index (χ1) is 6.77. The highest BCUT2D eigenvalue weighted by Gasteiger charge is 2.05. The molecule has 0 radical (unpaired) electrons. The van der Waals surface area contributed by atoms with Crippen molar-refractivity contribution in [1.29, 1.82) is 0 Å². The molecule has 0 fully saturated rings. The second-order valence-corrected chi connectivity index (χ2v) is 2.83. The van der Waals surface area contributed by atoms with E-state index < -0.39 is 0 Å². The molecule has 0 spiro atoms. The Morgan fingerprint density at radius 1 is 1.21 bits per heavy atom. The number of hydrogen-bond donors (Lipinski definition) is 1. The van der Waals surface area contributed by atoms with Crippen LogP contribution in [0.25, 0.3) is 11.3 Å². The van der Waals surface area contributed by atoms with Gasteiger partial charge in [0.25, 0.3) is 0 Å². The highest BCUT2D eigenvalue weighted by atomic mass is 19.1. The molecule has 3 nitrogen and oxygen atoms in total. The summed E-state index contributed by atoms with van der Waals surface area (Å²) in [4.78, 5) is 7.70. The third-order valence-electron chi connectivity index (χ3n) is 1.85. The van der Waals surface area contributed by atoms with Gasteiger partial charge in [-0.3, -0.25) is 0 Å². The highest BCUT2D eigenvalue weighted by Crippen LogP contribution is 2.22. The SMILES string of the molecule is Nc1ccc(F)c(-c2ccncn2)c1. The number of aromatic nitrogens is 2. The second kappa shape index (κ2) is 3.41. The standard InChI is InChI=1S/C10H8FN3/c11-9-2-1-7(12)5-8(9)10-3-4-13-6-14-10/h1-6H,12H2. The topological polar surface area (TPSA) is 51.8 Å². The lowest BCUT2D eigenvalue weighted by atomic mass is 10.1. The number of halogens is 1. The monoisotopic (exact) mass is 189 g/mol. The molecule has 70 valence electrons. The maximum absolute atomic E-state index is 13.3. The van der Waals surface area contributed by atoms with Crippen LogP contribution in [0, 0.1) is 5.82 Å². The van der Waals surface area contributed by atoms with Gasteiger partial charge in [0, 0.05) is 17.4 Å². The van der Waals surface area contributed by atoms with E-state index in [0.717, 1.165) is 0 Å². The van der Waals surface area contributed by atoms with Crippen LogP contribution in [0.3, 0.4) is 0 Å². The van der Waals surface area contributed by atoms with Crippen molar-refractivity contribution in [1.82, 2.24) is 9.97 Å². The zero-order valence-corrected chi connectivity index (χ0v) is 7.31. The highest BCUT2D eigenvalue weighted by molar-refractivity contribution is 5.64. The predicted octanol–water partition coefficient (Wildman–Crippen LogP) is 1.86. The molecule has 2 aromatic rings. The average molecular weight is 189 g/mol. The fourth-order valence-corrected chi connectivity index (χ4v) is 1.19. The zero-order valence-electron chi connectivity index (χ0n) is 7.31. The molecule has 1 aromatic heterocycles. The first-order valence-electron chi connectivity index (χ1n) is 4.09. The van der Waals surface area contributed by atoms with E-state index in [1.54, 1.807) is 18.3 Å². The molecule has 0 unspecified atom stereocenters. The molecule has 0 aliphatic carbocycles. The average Bonchev–Trinajstić information content (AvgIpc) is 2.23. The van der Waals surface area contributed by atoms with Gasteiger partial charge in [0.2, 0.25) is 0 Å². The van der Waals surface area contributed by atoms with Gasteiger partial charge in [-0.1, -0.05) is 0 Å². The molecule has 0 saturated heterocycles. The van der Waals surface area contributed by atoms with Gasteiger partial charge in [-0.2, -0.15) is 0 Å². The van der Waals surface area contributed by atoms with E-state index >= 15 is 0 Å². The van der Waals surface area contributed by atoms with Crippen molar-refractivity contribution in [2.75, 3.05) is 5.73 Å². The molecule has 0 saturated carbocycles. The van der Waals surface area contributed by atoms with Crippen LogP contribution in [-0.4, -0.2) is 9.97 Å². The first-order valence-corrected chi connectivity index (χ1v) is 4.09. The molecule has 4 heteroatoms. The molecule has 0 aliphatic heterocycles. The minimum atomic E-state index is -0.335. The van der Waals surface area contributed by atoms with Gasteiger partial charge in [0.15, 0.2) is 0 Å². The van der Waals surface area contributed by atoms with Crippen molar-refractivity contribution >= 4 is 5.69 Å². The summed E-state index contributed by atoms with van der Waals surface area (Å²) in [6.07, 6.45) is 2.93. The molecular weight excluding hydrogens is 181 g/mol. The first kappa shape index (κ1) is 8.62. The summed E-state index contributed by atoms with van der Waals surface area (Å²) in [5.41, 5.74) is 7.00. The van der Waals surface area contributed by atoms with Crippen LogP contribution in [0.15, 0.2) is 36.8 Å². The fourth-order valence-electron chi connectivity index (χ4n) is 1.19. The summed E-state index contributed by atoms with van der Waals surface area (Å²) in [7, 11) is 0. The summed E-state index contributed by atoms with van der Waals surface area (Å²) >= 11 is 0. The van der Waals surface area contributed by atoms with Gasteiger partial charge in [-0.15, -0.1) is 0 Å². The van der Waals surface area contributed by atoms with Gasteiger partial charge in [0.05, 0.1) is 5.69 Å². The molecule has 0 atom stereocenters. The molecule has 1 aromatic carbocycles. The predicted molar refractivity (Wildman–Crippen MR) is 51.8 cm³/mol. The smallest absolute Gasteiger partial charge is 0.132 e. The molecular formula is C10H8FN3. The van der Waals surface area contributed by atoms with Crippen LogP contribution >= 0.6 is 0 Å². The Labute approximate surface area is 80.4 Å². The van der Waals surface area contributed by atoms with Crippen LogP contribution in [0.2, 0.25) is 0 Å². The minimum absolute atomic E-state index is 0.335. The summed E-state index contributed by atoms with van der Waals surface area (Å²) in [6.45, 7) is 0. The number of anilines is 1. The molecule has 1 heterocycles. The van der Waals surface area contributed by atoms with Gasteiger partial charge >= 0.3 is 0 Å². The lowest BCUT2D eigenvalue weighted by Crippen LogP contribution is -1.91. The number of benzene rings is 1. The lowest BCUT2D eigenvalue weighted by molar-refractivity contribution is 0.631. The maximum Gasteiger partial charge on any atom is 0.132 e. The number of nitrogens with two attached hydrogens (primary N) is 1. The van der Waals surface area contributed by atoms with Crippen molar-refractivity contribution in [2.24, 2.45) is 0 Å². The Hall–Kier alpha value is -1.97. The van der Waals surface area contributed by atoms with E-state index in [9.17, 15) is 4.39 Å². The summed E-state index contributed by atoms with van der Waals surface area (Å²) < 4.78 is 13.3. The molecule has 0 bridgehead atoms. The fraction of sp³-hybridized carbons (Fsp3) is 0. The van der Waals surface area contributed by atoms with Gasteiger partial charge in [0.1, 0.15) is 12.1 Å². The lowest BCUT2D eigenvalue weighted by Gasteiger charge is -2.02. The van der Waals surface area contributed by atoms with Crippen molar-refractivity contribution in [3.8, 4) is 11.3 Å². The van der Waals surface area contributed by atoms with E-state index in [0.29, 0.717) is 16.9 Å². The molecule has 2 N–H and O–H groups in total. The Balaban J connectivity index is 2.57. The zero-order chi connectivity index (χ0) is 9.97. The Morgan fingerprint density at radius 2 is 2.07 bits per heavy atom. The number of hydrogen-bond acceptors (Lipinski definition) is 3. The molecule has 14 heavy (non-hydrogen) atoms. The van der Waals surface area contributed by atoms with Crippen molar-refractivity contribution in [2.45, 2.75) is 0 Å². The number of nitrogens with zero attached hydrogens (tertiary/aromatic N) is 2. The maximum atomic E-state index is 13.3.